The Hall–Kier alpha value is -1.95. The molecule has 1 unspecified atom stereocenters. The van der Waals surface area contributed by atoms with E-state index in [1.165, 1.54) is 6.07 Å². The summed E-state index contributed by atoms with van der Waals surface area (Å²) in [7, 11) is 0. The second-order valence-electron chi connectivity index (χ2n) is 4.54. The fourth-order valence-corrected chi connectivity index (χ4v) is 2.01. The number of hydrogen-bond acceptors (Lipinski definition) is 6. The number of ether oxygens (including phenoxy) is 1. The Morgan fingerprint density at radius 1 is 1.53 bits per heavy atom. The predicted octanol–water partition coefficient (Wildman–Crippen LogP) is 2.32. The van der Waals surface area contributed by atoms with Crippen LogP contribution < -0.4 is 0 Å². The van der Waals surface area contributed by atoms with Crippen molar-refractivity contribution in [3.63, 3.8) is 0 Å². The number of nitrogens with zero attached hydrogens (tertiary/aromatic N) is 3. The first-order valence-electron chi connectivity index (χ1n) is 6.39. The summed E-state index contributed by atoms with van der Waals surface area (Å²) in [4.78, 5) is 8.34. The van der Waals surface area contributed by atoms with E-state index < -0.39 is 0 Å². The maximum atomic E-state index is 9.72. The molecule has 0 amide bonds. The van der Waals surface area contributed by atoms with E-state index in [2.05, 4.69) is 15.1 Å². The summed E-state index contributed by atoms with van der Waals surface area (Å²) < 4.78 is 10.8. The average Bonchev–Trinajstić information content (AvgIpc) is 3.14. The molecule has 2 aromatic rings. The van der Waals surface area contributed by atoms with Crippen molar-refractivity contribution in [1.29, 1.82) is 0 Å². The van der Waals surface area contributed by atoms with Crippen LogP contribution >= 0.6 is 0 Å². The third kappa shape index (κ3) is 2.44. The molecule has 1 fully saturated rings. The molecule has 1 atom stereocenters. The van der Waals surface area contributed by atoms with E-state index in [0.717, 1.165) is 12.8 Å². The minimum atomic E-state index is -0.117. The second-order valence-corrected chi connectivity index (χ2v) is 4.54. The molecular formula is C13H15N3O3. The Kier molecular flexibility index (Phi) is 3.16. The van der Waals surface area contributed by atoms with Crippen molar-refractivity contribution < 1.29 is 14.4 Å². The van der Waals surface area contributed by atoms with E-state index in [1.54, 1.807) is 12.3 Å². The SMILES string of the molecule is CCOC(c1noc(-c2ncccc2O)n1)C1CC1. The zero-order valence-electron chi connectivity index (χ0n) is 10.6. The van der Waals surface area contributed by atoms with E-state index >= 15 is 0 Å². The molecule has 3 rings (SSSR count). The van der Waals surface area contributed by atoms with Crippen molar-refractivity contribution in [3.8, 4) is 17.3 Å². The van der Waals surface area contributed by atoms with Gasteiger partial charge in [-0.2, -0.15) is 4.98 Å². The lowest BCUT2D eigenvalue weighted by Crippen LogP contribution is -2.08. The van der Waals surface area contributed by atoms with Gasteiger partial charge in [-0.3, -0.25) is 0 Å². The van der Waals surface area contributed by atoms with Gasteiger partial charge in [0.1, 0.15) is 11.9 Å². The molecule has 6 heteroatoms. The third-order valence-corrected chi connectivity index (χ3v) is 3.08. The summed E-state index contributed by atoms with van der Waals surface area (Å²) in [6, 6.07) is 3.18. The zero-order valence-corrected chi connectivity index (χ0v) is 10.6. The third-order valence-electron chi connectivity index (χ3n) is 3.08. The number of aromatic hydroxyl groups is 1. The van der Waals surface area contributed by atoms with Crippen molar-refractivity contribution in [2.45, 2.75) is 25.9 Å². The lowest BCUT2D eigenvalue weighted by atomic mass is 10.2. The number of pyridine rings is 1. The van der Waals surface area contributed by atoms with Crippen molar-refractivity contribution >= 4 is 0 Å². The molecule has 0 aliphatic heterocycles. The molecule has 1 aliphatic rings. The van der Waals surface area contributed by atoms with Gasteiger partial charge in [-0.25, -0.2) is 4.98 Å². The van der Waals surface area contributed by atoms with Gasteiger partial charge in [0.05, 0.1) is 0 Å². The number of hydrogen-bond donors (Lipinski definition) is 1. The zero-order chi connectivity index (χ0) is 13.2. The van der Waals surface area contributed by atoms with E-state index in [1.807, 2.05) is 6.92 Å². The van der Waals surface area contributed by atoms with Gasteiger partial charge in [0.15, 0.2) is 5.69 Å². The molecule has 2 aromatic heterocycles. The van der Waals surface area contributed by atoms with Crippen LogP contribution in [0.15, 0.2) is 22.9 Å². The first-order valence-corrected chi connectivity index (χ1v) is 6.39. The van der Waals surface area contributed by atoms with Crippen molar-refractivity contribution in [3.05, 3.63) is 24.2 Å². The van der Waals surface area contributed by atoms with Gasteiger partial charge in [-0.15, -0.1) is 0 Å². The Morgan fingerprint density at radius 3 is 3.05 bits per heavy atom. The Balaban J connectivity index is 1.88. The van der Waals surface area contributed by atoms with Crippen LogP contribution in [0.2, 0.25) is 0 Å². The molecule has 0 saturated heterocycles. The molecule has 0 spiro atoms. The monoisotopic (exact) mass is 261 g/mol. The summed E-state index contributed by atoms with van der Waals surface area (Å²) in [5.41, 5.74) is 0.298. The number of aromatic nitrogens is 3. The van der Waals surface area contributed by atoms with Crippen LogP contribution in [-0.2, 0) is 4.74 Å². The summed E-state index contributed by atoms with van der Waals surface area (Å²) in [6.45, 7) is 2.56. The first kappa shape index (κ1) is 12.1. The van der Waals surface area contributed by atoms with Crippen LogP contribution in [0.4, 0.5) is 0 Å². The topological polar surface area (TPSA) is 81.3 Å². The summed E-state index contributed by atoms with van der Waals surface area (Å²) in [5, 5.41) is 13.7. The van der Waals surface area contributed by atoms with E-state index in [-0.39, 0.29) is 17.7 Å². The molecule has 1 saturated carbocycles. The van der Waals surface area contributed by atoms with Gasteiger partial charge >= 0.3 is 0 Å². The highest BCUT2D eigenvalue weighted by atomic mass is 16.5. The lowest BCUT2D eigenvalue weighted by Gasteiger charge is -2.10. The minimum absolute atomic E-state index is 0.0251. The predicted molar refractivity (Wildman–Crippen MR) is 66.3 cm³/mol. The maximum absolute atomic E-state index is 9.72. The number of rotatable bonds is 5. The van der Waals surface area contributed by atoms with Crippen LogP contribution in [0, 0.1) is 5.92 Å². The van der Waals surface area contributed by atoms with Crippen LogP contribution in [0.25, 0.3) is 11.6 Å². The second kappa shape index (κ2) is 4.97. The molecule has 0 radical (unpaired) electrons. The molecule has 0 aromatic carbocycles. The summed E-state index contributed by atoms with van der Waals surface area (Å²) >= 11 is 0. The molecule has 2 heterocycles. The van der Waals surface area contributed by atoms with Gasteiger partial charge in [0.25, 0.3) is 5.89 Å². The lowest BCUT2D eigenvalue weighted by molar-refractivity contribution is 0.0385. The van der Waals surface area contributed by atoms with Crippen molar-refractivity contribution in [1.82, 2.24) is 15.1 Å². The molecule has 1 N–H and O–H groups in total. The maximum Gasteiger partial charge on any atom is 0.280 e. The fraction of sp³-hybridized carbons (Fsp3) is 0.462. The summed E-state index contributed by atoms with van der Waals surface area (Å²) in [5.74, 6) is 1.25. The van der Waals surface area contributed by atoms with Gasteiger partial charge in [-0.1, -0.05) is 5.16 Å². The van der Waals surface area contributed by atoms with Gasteiger partial charge < -0.3 is 14.4 Å². The van der Waals surface area contributed by atoms with E-state index in [4.69, 9.17) is 9.26 Å². The van der Waals surface area contributed by atoms with Crippen LogP contribution in [0.1, 0.15) is 31.7 Å². The Labute approximate surface area is 110 Å². The van der Waals surface area contributed by atoms with Gasteiger partial charge in [0, 0.05) is 12.8 Å². The van der Waals surface area contributed by atoms with E-state index in [9.17, 15) is 5.11 Å². The largest absolute Gasteiger partial charge is 0.505 e. The van der Waals surface area contributed by atoms with Crippen molar-refractivity contribution in [2.75, 3.05) is 6.61 Å². The van der Waals surface area contributed by atoms with Gasteiger partial charge in [-0.05, 0) is 37.8 Å². The molecular weight excluding hydrogens is 246 g/mol. The highest BCUT2D eigenvalue weighted by Crippen LogP contribution is 2.42. The minimum Gasteiger partial charge on any atom is -0.505 e. The smallest absolute Gasteiger partial charge is 0.280 e. The molecule has 19 heavy (non-hydrogen) atoms. The highest BCUT2D eigenvalue weighted by molar-refractivity contribution is 5.55. The van der Waals surface area contributed by atoms with Crippen LogP contribution in [0.5, 0.6) is 5.75 Å². The average molecular weight is 261 g/mol. The van der Waals surface area contributed by atoms with Gasteiger partial charge in [0.2, 0.25) is 5.82 Å². The Bertz CT molecular complexity index is 566. The highest BCUT2D eigenvalue weighted by Gasteiger charge is 2.36. The van der Waals surface area contributed by atoms with Crippen LogP contribution in [0.3, 0.4) is 0 Å². The molecule has 6 nitrogen and oxygen atoms in total. The van der Waals surface area contributed by atoms with E-state index in [0.29, 0.717) is 24.0 Å². The Morgan fingerprint density at radius 2 is 2.37 bits per heavy atom. The molecule has 1 aliphatic carbocycles. The normalized spacial score (nSPS) is 16.5. The summed E-state index contributed by atoms with van der Waals surface area (Å²) in [6.07, 6.45) is 3.71. The standard InChI is InChI=1S/C13H15N3O3/c1-2-18-11(8-5-6-8)12-15-13(19-16-12)10-9(17)4-3-7-14-10/h3-4,7-8,11,17H,2,5-6H2,1H3. The fourth-order valence-electron chi connectivity index (χ4n) is 2.01. The molecule has 0 bridgehead atoms. The van der Waals surface area contributed by atoms with Crippen molar-refractivity contribution in [2.24, 2.45) is 5.92 Å². The quantitative estimate of drug-likeness (QED) is 0.889. The van der Waals surface area contributed by atoms with Crippen LogP contribution in [-0.4, -0.2) is 26.8 Å². The molecule has 100 valence electrons. The first-order chi connectivity index (χ1) is 9.29.